The highest BCUT2D eigenvalue weighted by Gasteiger charge is 2.35. The molecule has 1 saturated heterocycles. The maximum atomic E-state index is 13.8. The Balaban J connectivity index is 1.64. The minimum absolute atomic E-state index is 0.0207. The molecule has 0 atom stereocenters. The summed E-state index contributed by atoms with van der Waals surface area (Å²) in [4.78, 5) is 4.61. The molecule has 0 unspecified atom stereocenters. The third kappa shape index (κ3) is 4.47. The lowest BCUT2D eigenvalue weighted by molar-refractivity contribution is -0.137. The smallest absolute Gasteiger partial charge is 0.368 e. The second-order valence-electron chi connectivity index (χ2n) is 6.61. The van der Waals surface area contributed by atoms with Crippen molar-refractivity contribution in [2.45, 2.75) is 17.2 Å². The van der Waals surface area contributed by atoms with Crippen LogP contribution in [0.2, 0.25) is 5.02 Å². The number of nitrogens with two attached hydrogens (primary N) is 1. The first-order valence-corrected chi connectivity index (χ1v) is 9.87. The predicted octanol–water partition coefficient (Wildman–Crippen LogP) is 5.13. The van der Waals surface area contributed by atoms with Gasteiger partial charge in [0.25, 0.3) is 0 Å². The molecule has 4 N–H and O–H groups in total. The summed E-state index contributed by atoms with van der Waals surface area (Å²) >= 11 is 7.61. The fraction of sp³-hybridized carbons (Fsp3) is 0.222. The van der Waals surface area contributed by atoms with Gasteiger partial charge in [-0.25, -0.2) is 13.8 Å². The number of anilines is 3. The fourth-order valence-corrected chi connectivity index (χ4v) is 4.31. The molecule has 0 amide bonds. The molecule has 12 heteroatoms. The topological polar surface area (TPSA) is 82.9 Å². The molecule has 0 radical (unpaired) electrons. The molecule has 30 heavy (non-hydrogen) atoms. The Hall–Kier alpha value is -2.50. The Morgan fingerprint density at radius 3 is 2.47 bits per heavy atom. The molecule has 2 aromatic carbocycles. The van der Waals surface area contributed by atoms with E-state index in [0.29, 0.717) is 18.7 Å². The van der Waals surface area contributed by atoms with Crippen LogP contribution in [0.4, 0.5) is 35.1 Å². The zero-order valence-electron chi connectivity index (χ0n) is 15.2. The molecule has 1 aromatic heterocycles. The van der Waals surface area contributed by atoms with Crippen LogP contribution >= 0.6 is 23.5 Å². The van der Waals surface area contributed by atoms with Crippen LogP contribution in [-0.2, 0) is 6.18 Å². The van der Waals surface area contributed by atoms with E-state index in [-0.39, 0.29) is 28.2 Å². The van der Waals surface area contributed by atoms with Crippen molar-refractivity contribution in [3.05, 3.63) is 47.0 Å². The predicted molar refractivity (Wildman–Crippen MR) is 108 cm³/mol. The van der Waals surface area contributed by atoms with Crippen molar-refractivity contribution >= 4 is 41.1 Å². The molecular weight excluding hydrogens is 444 g/mol. The monoisotopic (exact) mass is 458 g/mol. The van der Waals surface area contributed by atoms with Crippen LogP contribution in [0.3, 0.4) is 0 Å². The molecule has 0 saturated carbocycles. The highest BCUT2D eigenvalue weighted by Crippen LogP contribution is 2.43. The minimum Gasteiger partial charge on any atom is -0.368 e. The third-order valence-corrected chi connectivity index (χ3v) is 5.67. The lowest BCUT2D eigenvalue weighted by Crippen LogP contribution is -2.43. The van der Waals surface area contributed by atoms with Crippen LogP contribution in [0, 0.1) is 0 Å². The van der Waals surface area contributed by atoms with Gasteiger partial charge < -0.3 is 11.1 Å². The van der Waals surface area contributed by atoms with E-state index in [1.165, 1.54) is 18.0 Å². The first kappa shape index (κ1) is 20.8. The number of nitrogens with zero attached hydrogens (tertiary/aromatic N) is 3. The second-order valence-corrected chi connectivity index (χ2v) is 8.19. The van der Waals surface area contributed by atoms with Crippen molar-refractivity contribution in [1.29, 1.82) is 0 Å². The van der Waals surface area contributed by atoms with Gasteiger partial charge in [-0.15, -0.1) is 5.10 Å². The number of aromatic nitrogens is 3. The Kier molecular flexibility index (Phi) is 5.51. The zero-order chi connectivity index (χ0) is 21.5. The average molecular weight is 459 g/mol. The van der Waals surface area contributed by atoms with Gasteiger partial charge in [-0.05, 0) is 41.8 Å². The molecule has 1 aliphatic heterocycles. The molecule has 4 rings (SSSR count). The SMILES string of the molecule is Nc1nc(Nc2cc(Cl)c(-c3ccc(SN4CC(F)C4)cc3)c(C(F)(F)F)c2)n[nH]1. The highest BCUT2D eigenvalue weighted by atomic mass is 35.5. The lowest BCUT2D eigenvalue weighted by Gasteiger charge is -2.32. The van der Waals surface area contributed by atoms with E-state index in [1.807, 2.05) is 4.31 Å². The number of nitrogens with one attached hydrogen (secondary N) is 2. The van der Waals surface area contributed by atoms with E-state index in [1.54, 1.807) is 24.3 Å². The summed E-state index contributed by atoms with van der Waals surface area (Å²) in [6.45, 7) is 0.670. The third-order valence-electron chi connectivity index (χ3n) is 4.34. The maximum absolute atomic E-state index is 13.8. The van der Waals surface area contributed by atoms with E-state index in [0.717, 1.165) is 11.0 Å². The molecule has 1 fully saturated rings. The Morgan fingerprint density at radius 2 is 1.90 bits per heavy atom. The summed E-state index contributed by atoms with van der Waals surface area (Å²) in [6, 6.07) is 8.80. The Labute approximate surface area is 177 Å². The van der Waals surface area contributed by atoms with E-state index in [2.05, 4.69) is 20.5 Å². The molecule has 1 aliphatic rings. The average Bonchev–Trinajstić information content (AvgIpc) is 3.05. The molecular formula is C18H15ClF4N6S. The van der Waals surface area contributed by atoms with Crippen LogP contribution < -0.4 is 11.1 Å². The van der Waals surface area contributed by atoms with Crippen LogP contribution in [0.25, 0.3) is 11.1 Å². The molecule has 0 bridgehead atoms. The van der Waals surface area contributed by atoms with E-state index in [9.17, 15) is 17.6 Å². The van der Waals surface area contributed by atoms with Gasteiger partial charge in [0.05, 0.1) is 10.6 Å². The van der Waals surface area contributed by atoms with Gasteiger partial charge in [0, 0.05) is 29.2 Å². The first-order valence-electron chi connectivity index (χ1n) is 8.72. The normalized spacial score (nSPS) is 15.2. The number of hydrogen-bond acceptors (Lipinski definition) is 6. The standard InChI is InChI=1S/C18H15ClF4N6S/c19-14-6-11(25-17-26-16(24)27-28-17)5-13(18(21,22)23)15(14)9-1-3-12(4-2-9)30-29-7-10(20)8-29/h1-6,10H,7-8H2,(H4,24,25,26,27,28). The Bertz CT molecular complexity index is 1050. The van der Waals surface area contributed by atoms with Crippen molar-refractivity contribution < 1.29 is 17.6 Å². The molecule has 0 spiro atoms. The fourth-order valence-electron chi connectivity index (χ4n) is 2.95. The molecule has 2 heterocycles. The van der Waals surface area contributed by atoms with E-state index >= 15 is 0 Å². The summed E-state index contributed by atoms with van der Waals surface area (Å²) in [5.41, 5.74) is 4.78. The highest BCUT2D eigenvalue weighted by molar-refractivity contribution is 7.97. The van der Waals surface area contributed by atoms with Gasteiger partial charge in [-0.2, -0.15) is 18.2 Å². The number of nitrogen functional groups attached to an aromatic ring is 1. The largest absolute Gasteiger partial charge is 0.417 e. The van der Waals surface area contributed by atoms with Gasteiger partial charge in [0.1, 0.15) is 6.17 Å². The summed E-state index contributed by atoms with van der Waals surface area (Å²) in [7, 11) is 0. The second kappa shape index (κ2) is 7.97. The molecule has 0 aliphatic carbocycles. The molecule has 3 aromatic rings. The van der Waals surface area contributed by atoms with Crippen LogP contribution in [0.1, 0.15) is 5.56 Å². The number of aromatic amines is 1. The zero-order valence-corrected chi connectivity index (χ0v) is 16.7. The molecule has 158 valence electrons. The number of H-pyrrole nitrogens is 1. The number of hydrogen-bond donors (Lipinski definition) is 3. The van der Waals surface area contributed by atoms with Gasteiger partial charge in [0.2, 0.25) is 11.9 Å². The van der Waals surface area contributed by atoms with Crippen LogP contribution in [-0.4, -0.2) is 38.7 Å². The van der Waals surface area contributed by atoms with Crippen molar-refractivity contribution in [2.75, 3.05) is 24.1 Å². The van der Waals surface area contributed by atoms with E-state index in [4.69, 9.17) is 17.3 Å². The number of alkyl halides is 4. The first-order chi connectivity index (χ1) is 14.2. The van der Waals surface area contributed by atoms with Crippen LogP contribution in [0.5, 0.6) is 0 Å². The maximum Gasteiger partial charge on any atom is 0.417 e. The summed E-state index contributed by atoms with van der Waals surface area (Å²) in [5, 5.41) is 8.69. The summed E-state index contributed by atoms with van der Waals surface area (Å²) in [6.07, 6.45) is -5.47. The van der Waals surface area contributed by atoms with E-state index < -0.39 is 17.9 Å². The number of rotatable bonds is 5. The summed E-state index contributed by atoms with van der Waals surface area (Å²) in [5.74, 6) is 0.0433. The Morgan fingerprint density at radius 1 is 1.20 bits per heavy atom. The van der Waals surface area contributed by atoms with Gasteiger partial charge in [-0.3, -0.25) is 0 Å². The van der Waals surface area contributed by atoms with Crippen LogP contribution in [0.15, 0.2) is 41.3 Å². The summed E-state index contributed by atoms with van der Waals surface area (Å²) < 4.78 is 56.1. The quantitative estimate of drug-likeness (QED) is 0.363. The lowest BCUT2D eigenvalue weighted by atomic mass is 9.98. The van der Waals surface area contributed by atoms with Crippen molar-refractivity contribution in [1.82, 2.24) is 19.5 Å². The van der Waals surface area contributed by atoms with Gasteiger partial charge in [0.15, 0.2) is 0 Å². The van der Waals surface area contributed by atoms with Crippen molar-refractivity contribution in [3.8, 4) is 11.1 Å². The minimum atomic E-state index is -4.64. The van der Waals surface area contributed by atoms with Gasteiger partial charge in [-0.1, -0.05) is 23.7 Å². The van der Waals surface area contributed by atoms with Crippen molar-refractivity contribution in [2.24, 2.45) is 0 Å². The number of benzene rings is 2. The molecule has 6 nitrogen and oxygen atoms in total. The number of halogens is 5. The van der Waals surface area contributed by atoms with Crippen molar-refractivity contribution in [3.63, 3.8) is 0 Å². The van der Waals surface area contributed by atoms with Gasteiger partial charge >= 0.3 is 6.18 Å².